The lowest BCUT2D eigenvalue weighted by molar-refractivity contribution is -0.385. The Morgan fingerprint density at radius 2 is 2.00 bits per heavy atom. The molecule has 0 fully saturated rings. The van der Waals surface area contributed by atoms with Crippen molar-refractivity contribution in [2.75, 3.05) is 26.4 Å². The molecule has 23 heavy (non-hydrogen) atoms. The molecule has 126 valence electrons. The summed E-state index contributed by atoms with van der Waals surface area (Å²) in [6.07, 6.45) is 0.756. The Kier molecular flexibility index (Phi) is 5.75. The lowest BCUT2D eigenvalue weighted by Crippen LogP contribution is -2.27. The van der Waals surface area contributed by atoms with Crippen LogP contribution in [0.15, 0.2) is 12.1 Å². The van der Waals surface area contributed by atoms with Gasteiger partial charge in [0.2, 0.25) is 0 Å². The molecular formula is C15H20N2O6. The molecule has 1 aliphatic rings. The van der Waals surface area contributed by atoms with E-state index in [0.717, 1.165) is 0 Å². The summed E-state index contributed by atoms with van der Waals surface area (Å²) in [4.78, 5) is 22.8. The minimum absolute atomic E-state index is 0.0379. The Morgan fingerprint density at radius 1 is 1.35 bits per heavy atom. The zero-order valence-corrected chi connectivity index (χ0v) is 13.2. The SMILES string of the molecule is CC(C)OCCCNC(=O)c1cc2c(cc1[N+](=O)[O-])OCCO2. The summed E-state index contributed by atoms with van der Waals surface area (Å²) in [6.45, 7) is 5.41. The van der Waals surface area contributed by atoms with Crippen LogP contribution < -0.4 is 14.8 Å². The molecule has 8 nitrogen and oxygen atoms in total. The summed E-state index contributed by atoms with van der Waals surface area (Å²) in [5, 5.41) is 13.8. The van der Waals surface area contributed by atoms with Crippen LogP contribution in [0.25, 0.3) is 0 Å². The van der Waals surface area contributed by atoms with E-state index in [1.165, 1.54) is 12.1 Å². The summed E-state index contributed by atoms with van der Waals surface area (Å²) in [5.74, 6) is 0.109. The molecule has 0 atom stereocenters. The van der Waals surface area contributed by atoms with E-state index in [9.17, 15) is 14.9 Å². The number of carbonyl (C=O) groups excluding carboxylic acids is 1. The van der Waals surface area contributed by atoms with Crippen LogP contribution in [-0.2, 0) is 4.74 Å². The lowest BCUT2D eigenvalue weighted by atomic mass is 10.1. The number of rotatable bonds is 7. The Hall–Kier alpha value is -2.35. The number of nitro groups is 1. The van der Waals surface area contributed by atoms with Crippen LogP contribution in [-0.4, -0.2) is 43.3 Å². The number of carbonyl (C=O) groups is 1. The van der Waals surface area contributed by atoms with Crippen molar-refractivity contribution >= 4 is 11.6 Å². The average molecular weight is 324 g/mol. The van der Waals surface area contributed by atoms with Crippen LogP contribution in [0.5, 0.6) is 11.5 Å². The van der Waals surface area contributed by atoms with Crippen LogP contribution in [0, 0.1) is 10.1 Å². The van der Waals surface area contributed by atoms with Gasteiger partial charge in [0.05, 0.1) is 17.1 Å². The van der Waals surface area contributed by atoms with Crippen LogP contribution in [0.1, 0.15) is 30.6 Å². The van der Waals surface area contributed by atoms with Crippen LogP contribution in [0.3, 0.4) is 0 Å². The molecule has 1 aromatic carbocycles. The summed E-state index contributed by atoms with van der Waals surface area (Å²) in [7, 11) is 0. The zero-order chi connectivity index (χ0) is 16.8. The minimum Gasteiger partial charge on any atom is -0.486 e. The van der Waals surface area contributed by atoms with Gasteiger partial charge in [-0.1, -0.05) is 0 Å². The van der Waals surface area contributed by atoms with Gasteiger partial charge in [0.25, 0.3) is 11.6 Å². The second-order valence-electron chi connectivity index (χ2n) is 5.30. The predicted molar refractivity (Wildman–Crippen MR) is 82.1 cm³/mol. The van der Waals surface area contributed by atoms with Crippen LogP contribution in [0.2, 0.25) is 0 Å². The average Bonchev–Trinajstić information content (AvgIpc) is 2.52. The van der Waals surface area contributed by atoms with E-state index >= 15 is 0 Å². The van der Waals surface area contributed by atoms with Crippen molar-refractivity contribution < 1.29 is 23.9 Å². The van der Waals surface area contributed by atoms with Gasteiger partial charge in [-0.3, -0.25) is 14.9 Å². The number of benzene rings is 1. The summed E-state index contributed by atoms with van der Waals surface area (Å²) >= 11 is 0. The fraction of sp³-hybridized carbons (Fsp3) is 0.533. The first-order valence-electron chi connectivity index (χ1n) is 7.47. The second-order valence-corrected chi connectivity index (χ2v) is 5.30. The zero-order valence-electron chi connectivity index (χ0n) is 13.2. The highest BCUT2D eigenvalue weighted by Gasteiger charge is 2.26. The first-order valence-corrected chi connectivity index (χ1v) is 7.47. The second kappa shape index (κ2) is 7.77. The highest BCUT2D eigenvalue weighted by molar-refractivity contribution is 5.99. The molecule has 0 saturated carbocycles. The van der Waals surface area contributed by atoms with Gasteiger partial charge in [-0.05, 0) is 20.3 Å². The Labute approximate surface area is 133 Å². The number of hydrogen-bond acceptors (Lipinski definition) is 6. The number of amides is 1. The largest absolute Gasteiger partial charge is 0.486 e. The van der Waals surface area contributed by atoms with Gasteiger partial charge in [-0.25, -0.2) is 0 Å². The van der Waals surface area contributed by atoms with Gasteiger partial charge in [-0.2, -0.15) is 0 Å². The smallest absolute Gasteiger partial charge is 0.286 e. The molecule has 0 saturated heterocycles. The van der Waals surface area contributed by atoms with Crippen LogP contribution in [0.4, 0.5) is 5.69 Å². The van der Waals surface area contributed by atoms with Crippen molar-refractivity contribution in [2.24, 2.45) is 0 Å². The molecule has 0 radical (unpaired) electrons. The van der Waals surface area contributed by atoms with Crippen LogP contribution >= 0.6 is 0 Å². The van der Waals surface area contributed by atoms with E-state index in [1.54, 1.807) is 0 Å². The van der Waals surface area contributed by atoms with E-state index in [2.05, 4.69) is 5.32 Å². The molecule has 8 heteroatoms. The fourth-order valence-corrected chi connectivity index (χ4v) is 2.10. The molecule has 1 amide bonds. The topological polar surface area (TPSA) is 99.9 Å². The summed E-state index contributed by atoms with van der Waals surface area (Å²) < 4.78 is 16.0. The molecular weight excluding hydrogens is 304 g/mol. The summed E-state index contributed by atoms with van der Waals surface area (Å²) in [5.41, 5.74) is -0.339. The maximum Gasteiger partial charge on any atom is 0.286 e. The summed E-state index contributed by atoms with van der Waals surface area (Å²) in [6, 6.07) is 2.58. The molecule has 2 rings (SSSR count). The standard InChI is InChI=1S/C15H20N2O6/c1-10(2)21-5-3-4-16-15(18)11-8-13-14(23-7-6-22-13)9-12(11)17(19)20/h8-10H,3-7H2,1-2H3,(H,16,18). The van der Waals surface area contributed by atoms with Crippen molar-refractivity contribution in [1.82, 2.24) is 5.32 Å². The number of hydrogen-bond donors (Lipinski definition) is 1. The van der Waals surface area contributed by atoms with Crippen molar-refractivity contribution in [3.8, 4) is 11.5 Å². The van der Waals surface area contributed by atoms with Gasteiger partial charge < -0.3 is 19.5 Å². The van der Waals surface area contributed by atoms with E-state index < -0.39 is 10.8 Å². The fourth-order valence-electron chi connectivity index (χ4n) is 2.10. The molecule has 1 aromatic rings. The van der Waals surface area contributed by atoms with E-state index in [4.69, 9.17) is 14.2 Å². The number of nitrogens with zero attached hydrogens (tertiary/aromatic N) is 1. The monoisotopic (exact) mass is 324 g/mol. The maximum absolute atomic E-state index is 12.2. The van der Waals surface area contributed by atoms with Crippen molar-refractivity contribution in [1.29, 1.82) is 0 Å². The minimum atomic E-state index is -0.602. The third-order valence-electron chi connectivity index (χ3n) is 3.16. The number of nitrogens with one attached hydrogen (secondary N) is 1. The van der Waals surface area contributed by atoms with E-state index in [-0.39, 0.29) is 23.1 Å². The number of nitro benzene ring substituents is 1. The first-order chi connectivity index (χ1) is 11.0. The van der Waals surface area contributed by atoms with E-state index in [0.29, 0.717) is 38.5 Å². The molecule has 0 aromatic heterocycles. The normalized spacial score (nSPS) is 13.0. The number of ether oxygens (including phenoxy) is 3. The maximum atomic E-state index is 12.2. The lowest BCUT2D eigenvalue weighted by Gasteiger charge is -2.18. The highest BCUT2D eigenvalue weighted by atomic mass is 16.6. The molecule has 1 N–H and O–H groups in total. The molecule has 0 unspecified atom stereocenters. The third-order valence-corrected chi connectivity index (χ3v) is 3.16. The first kappa shape index (κ1) is 17.0. The van der Waals surface area contributed by atoms with Gasteiger partial charge in [0, 0.05) is 19.2 Å². The quantitative estimate of drug-likeness (QED) is 0.467. The Bertz CT molecular complexity index is 588. The van der Waals surface area contributed by atoms with Gasteiger partial charge in [0.15, 0.2) is 11.5 Å². The van der Waals surface area contributed by atoms with Crippen molar-refractivity contribution in [3.05, 3.63) is 27.8 Å². The molecule has 1 heterocycles. The van der Waals surface area contributed by atoms with Gasteiger partial charge in [0.1, 0.15) is 18.8 Å². The Morgan fingerprint density at radius 3 is 2.61 bits per heavy atom. The van der Waals surface area contributed by atoms with Gasteiger partial charge >= 0.3 is 0 Å². The molecule has 0 aliphatic carbocycles. The highest BCUT2D eigenvalue weighted by Crippen LogP contribution is 2.36. The molecule has 0 spiro atoms. The predicted octanol–water partition coefficient (Wildman–Crippen LogP) is 1.91. The third kappa shape index (κ3) is 4.56. The number of fused-ring (bicyclic) bond motifs is 1. The Balaban J connectivity index is 2.05. The molecule has 0 bridgehead atoms. The van der Waals surface area contributed by atoms with E-state index in [1.807, 2.05) is 13.8 Å². The van der Waals surface area contributed by atoms with Crippen molar-refractivity contribution in [3.63, 3.8) is 0 Å². The van der Waals surface area contributed by atoms with Crippen molar-refractivity contribution in [2.45, 2.75) is 26.4 Å². The van der Waals surface area contributed by atoms with Gasteiger partial charge in [-0.15, -0.1) is 0 Å². The molecule has 1 aliphatic heterocycles.